The normalized spacial score (nSPS) is 25.7. The largest absolute Gasteiger partial charge is 0.378 e. The molecule has 0 saturated heterocycles. The summed E-state index contributed by atoms with van der Waals surface area (Å²) in [5.74, 6) is 0. The Morgan fingerprint density at radius 2 is 2.26 bits per heavy atom. The van der Waals surface area contributed by atoms with E-state index in [-0.39, 0.29) is 28.8 Å². The highest BCUT2D eigenvalue weighted by Gasteiger charge is 2.39. The van der Waals surface area contributed by atoms with Crippen LogP contribution < -0.4 is 11.1 Å². The number of nitrogens with one attached hydrogen (secondary N) is 1. The van der Waals surface area contributed by atoms with E-state index in [0.717, 1.165) is 17.7 Å². The molecule has 0 spiro atoms. The molecule has 1 aromatic carbocycles. The summed E-state index contributed by atoms with van der Waals surface area (Å²) in [4.78, 5) is 10.4. The first-order valence-electron chi connectivity index (χ1n) is 6.41. The van der Waals surface area contributed by atoms with Gasteiger partial charge in [0.1, 0.15) is 0 Å². The summed E-state index contributed by atoms with van der Waals surface area (Å²) in [5, 5.41) is 14.1. The molecule has 3 N–H and O–H groups in total. The Morgan fingerprint density at radius 3 is 2.84 bits per heavy atom. The minimum absolute atomic E-state index is 0.0151. The van der Waals surface area contributed by atoms with E-state index in [2.05, 4.69) is 5.32 Å². The Morgan fingerprint density at radius 1 is 1.53 bits per heavy atom. The number of nitro benzene ring substituents is 1. The van der Waals surface area contributed by atoms with Crippen molar-refractivity contribution in [2.24, 2.45) is 5.73 Å². The standard InChI is InChI=1S/C13H19N3O3/c1-3-19-12-7-11(14)13(12)15-9-4-8(2)5-10(6-9)16(17)18/h4-6,11-13,15H,3,7,14H2,1-2H3. The van der Waals surface area contributed by atoms with Gasteiger partial charge in [0.05, 0.1) is 17.1 Å². The quantitative estimate of drug-likeness (QED) is 0.626. The van der Waals surface area contributed by atoms with E-state index in [4.69, 9.17) is 10.5 Å². The van der Waals surface area contributed by atoms with Crippen molar-refractivity contribution in [3.05, 3.63) is 33.9 Å². The van der Waals surface area contributed by atoms with Gasteiger partial charge in [0.2, 0.25) is 0 Å². The molecule has 0 amide bonds. The zero-order valence-corrected chi connectivity index (χ0v) is 11.1. The van der Waals surface area contributed by atoms with E-state index in [9.17, 15) is 10.1 Å². The van der Waals surface area contributed by atoms with Gasteiger partial charge < -0.3 is 15.8 Å². The number of hydrogen-bond donors (Lipinski definition) is 2. The van der Waals surface area contributed by atoms with E-state index >= 15 is 0 Å². The van der Waals surface area contributed by atoms with Crippen LogP contribution in [0.3, 0.4) is 0 Å². The Bertz CT molecular complexity index is 476. The Labute approximate surface area is 112 Å². The molecule has 104 valence electrons. The molecule has 6 heteroatoms. The fraction of sp³-hybridized carbons (Fsp3) is 0.538. The summed E-state index contributed by atoms with van der Waals surface area (Å²) >= 11 is 0. The van der Waals surface area contributed by atoms with Gasteiger partial charge >= 0.3 is 0 Å². The molecule has 0 heterocycles. The highest BCUT2D eigenvalue weighted by atomic mass is 16.6. The van der Waals surface area contributed by atoms with Gasteiger partial charge in [-0.2, -0.15) is 0 Å². The summed E-state index contributed by atoms with van der Waals surface area (Å²) in [6, 6.07) is 4.99. The van der Waals surface area contributed by atoms with Gasteiger partial charge in [0.25, 0.3) is 5.69 Å². The molecule has 1 aromatic rings. The highest BCUT2D eigenvalue weighted by Crippen LogP contribution is 2.28. The summed E-state index contributed by atoms with van der Waals surface area (Å²) in [7, 11) is 0. The van der Waals surface area contributed by atoms with Crippen molar-refractivity contribution in [1.29, 1.82) is 0 Å². The fourth-order valence-corrected chi connectivity index (χ4v) is 2.37. The molecule has 1 fully saturated rings. The smallest absolute Gasteiger partial charge is 0.271 e. The Kier molecular flexibility index (Phi) is 4.01. The van der Waals surface area contributed by atoms with E-state index < -0.39 is 0 Å². The molecule has 0 aromatic heterocycles. The first kappa shape index (κ1) is 13.8. The number of nitro groups is 1. The van der Waals surface area contributed by atoms with E-state index in [0.29, 0.717) is 6.61 Å². The summed E-state index contributed by atoms with van der Waals surface area (Å²) in [6.07, 6.45) is 0.902. The van der Waals surface area contributed by atoms with Crippen molar-refractivity contribution in [1.82, 2.24) is 0 Å². The van der Waals surface area contributed by atoms with Gasteiger partial charge in [-0.05, 0) is 31.9 Å². The zero-order valence-electron chi connectivity index (χ0n) is 11.1. The topological polar surface area (TPSA) is 90.4 Å². The number of aryl methyl sites for hydroxylation is 1. The lowest BCUT2D eigenvalue weighted by Crippen LogP contribution is -2.60. The SMILES string of the molecule is CCOC1CC(N)C1Nc1cc(C)cc([N+](=O)[O-])c1. The number of hydrogen-bond acceptors (Lipinski definition) is 5. The molecule has 1 aliphatic carbocycles. The lowest BCUT2D eigenvalue weighted by Gasteiger charge is -2.43. The molecule has 3 unspecified atom stereocenters. The Balaban J connectivity index is 2.12. The second-order valence-electron chi connectivity index (χ2n) is 4.88. The molecule has 6 nitrogen and oxygen atoms in total. The molecular weight excluding hydrogens is 246 g/mol. The van der Waals surface area contributed by atoms with Crippen molar-refractivity contribution in [3.8, 4) is 0 Å². The van der Waals surface area contributed by atoms with E-state index in [1.54, 1.807) is 6.07 Å². The molecule has 0 bridgehead atoms. The van der Waals surface area contributed by atoms with Gasteiger partial charge in [-0.15, -0.1) is 0 Å². The van der Waals surface area contributed by atoms with Crippen LogP contribution in [0, 0.1) is 17.0 Å². The Hall–Kier alpha value is -1.66. The fourth-order valence-electron chi connectivity index (χ4n) is 2.37. The van der Waals surface area contributed by atoms with Gasteiger partial charge in [-0.25, -0.2) is 0 Å². The van der Waals surface area contributed by atoms with E-state index in [1.165, 1.54) is 6.07 Å². The minimum atomic E-state index is -0.390. The average molecular weight is 265 g/mol. The predicted octanol–water partition coefficient (Wildman–Crippen LogP) is 1.82. The molecule has 3 atom stereocenters. The van der Waals surface area contributed by atoms with Crippen molar-refractivity contribution in [2.75, 3.05) is 11.9 Å². The lowest BCUT2D eigenvalue weighted by atomic mass is 9.83. The van der Waals surface area contributed by atoms with Crippen LogP contribution >= 0.6 is 0 Å². The van der Waals surface area contributed by atoms with Crippen LogP contribution in [0.5, 0.6) is 0 Å². The lowest BCUT2D eigenvalue weighted by molar-refractivity contribution is -0.384. The number of ether oxygens (including phenoxy) is 1. The number of benzene rings is 1. The first-order valence-corrected chi connectivity index (χ1v) is 6.41. The average Bonchev–Trinajstić information content (AvgIpc) is 2.35. The summed E-state index contributed by atoms with van der Waals surface area (Å²) in [6.45, 7) is 4.42. The maximum absolute atomic E-state index is 10.8. The van der Waals surface area contributed by atoms with Gasteiger partial charge in [0, 0.05) is 30.5 Å². The molecular formula is C13H19N3O3. The third-order valence-electron chi connectivity index (χ3n) is 3.35. The van der Waals surface area contributed by atoms with Crippen LogP contribution in [-0.2, 0) is 4.74 Å². The number of non-ortho nitro benzene ring substituents is 1. The van der Waals surface area contributed by atoms with Crippen LogP contribution in [0.25, 0.3) is 0 Å². The molecule has 1 aliphatic rings. The molecule has 1 saturated carbocycles. The second-order valence-corrected chi connectivity index (χ2v) is 4.88. The van der Waals surface area contributed by atoms with Crippen molar-refractivity contribution in [2.45, 2.75) is 38.5 Å². The first-order chi connectivity index (χ1) is 9.01. The molecule has 0 aliphatic heterocycles. The number of nitrogens with two attached hydrogens (primary N) is 1. The monoisotopic (exact) mass is 265 g/mol. The minimum Gasteiger partial charge on any atom is -0.378 e. The molecule has 2 rings (SSSR count). The number of rotatable bonds is 5. The second kappa shape index (κ2) is 5.54. The van der Waals surface area contributed by atoms with Crippen LogP contribution in [0.15, 0.2) is 18.2 Å². The van der Waals surface area contributed by atoms with E-state index in [1.807, 2.05) is 19.9 Å². The van der Waals surface area contributed by atoms with Crippen LogP contribution in [-0.4, -0.2) is 29.7 Å². The highest BCUT2D eigenvalue weighted by molar-refractivity contribution is 5.55. The van der Waals surface area contributed by atoms with Gasteiger partial charge in [-0.3, -0.25) is 10.1 Å². The third-order valence-corrected chi connectivity index (χ3v) is 3.35. The number of anilines is 1. The van der Waals surface area contributed by atoms with Crippen LogP contribution in [0.4, 0.5) is 11.4 Å². The van der Waals surface area contributed by atoms with Crippen molar-refractivity contribution < 1.29 is 9.66 Å². The zero-order chi connectivity index (χ0) is 14.0. The van der Waals surface area contributed by atoms with Crippen LogP contribution in [0.1, 0.15) is 18.9 Å². The van der Waals surface area contributed by atoms with Crippen molar-refractivity contribution in [3.63, 3.8) is 0 Å². The summed E-state index contributed by atoms with van der Waals surface area (Å²) < 4.78 is 5.56. The van der Waals surface area contributed by atoms with Crippen LogP contribution in [0.2, 0.25) is 0 Å². The van der Waals surface area contributed by atoms with Gasteiger partial charge in [0.15, 0.2) is 0 Å². The third kappa shape index (κ3) is 3.02. The maximum Gasteiger partial charge on any atom is 0.271 e. The summed E-state index contributed by atoms with van der Waals surface area (Å²) in [5.41, 5.74) is 7.60. The molecule has 0 radical (unpaired) electrons. The number of nitrogens with zero attached hydrogens (tertiary/aromatic N) is 1. The maximum atomic E-state index is 10.8. The predicted molar refractivity (Wildman–Crippen MR) is 73.3 cm³/mol. The van der Waals surface area contributed by atoms with Gasteiger partial charge in [-0.1, -0.05) is 0 Å². The van der Waals surface area contributed by atoms with Crippen molar-refractivity contribution >= 4 is 11.4 Å². The molecule has 19 heavy (non-hydrogen) atoms.